The molecule has 0 spiro atoms. The van der Waals surface area contributed by atoms with Gasteiger partial charge in [0.05, 0.1) is 17.5 Å². The number of hydrogen-bond donors (Lipinski definition) is 1. The summed E-state index contributed by atoms with van der Waals surface area (Å²) >= 11 is 3.57. The van der Waals surface area contributed by atoms with E-state index in [1.54, 1.807) is 7.05 Å². The summed E-state index contributed by atoms with van der Waals surface area (Å²) in [6, 6.07) is 6.19. The highest BCUT2D eigenvalue weighted by molar-refractivity contribution is 9.10. The molecule has 0 saturated heterocycles. The van der Waals surface area contributed by atoms with E-state index in [1.807, 2.05) is 13.0 Å². The maximum Gasteiger partial charge on any atom is 0.231 e. The number of carbonyl (C=O) groups excluding carboxylic acids is 1. The molecule has 1 fully saturated rings. The standard InChI is InChI=1S/C17H20BrN5O/c1-17(8-14(24)22(2)16(19)20-17)11-5-6-13-12(7-11)15(18)21-23(13)9-10-3-4-10/h5-7,10H,3-4,8-9H2,1-2H3,(H2,19,20)/t17-/m0/s1. The van der Waals surface area contributed by atoms with Crippen LogP contribution < -0.4 is 5.73 Å². The van der Waals surface area contributed by atoms with Gasteiger partial charge >= 0.3 is 0 Å². The Morgan fingerprint density at radius 1 is 1.42 bits per heavy atom. The number of aromatic nitrogens is 2. The van der Waals surface area contributed by atoms with Gasteiger partial charge in [-0.05, 0) is 59.3 Å². The number of nitrogens with zero attached hydrogens (tertiary/aromatic N) is 4. The SMILES string of the molecule is CN1C(=O)C[C@@](C)(c2ccc3c(c2)c(Br)nn3CC2CC2)N=C1N. The minimum atomic E-state index is -0.639. The Kier molecular flexibility index (Phi) is 3.46. The second kappa shape index (κ2) is 5.31. The first-order chi connectivity index (χ1) is 11.4. The molecule has 0 bridgehead atoms. The zero-order valence-corrected chi connectivity index (χ0v) is 15.4. The zero-order valence-electron chi connectivity index (χ0n) is 13.8. The van der Waals surface area contributed by atoms with E-state index in [4.69, 9.17) is 5.73 Å². The van der Waals surface area contributed by atoms with E-state index in [9.17, 15) is 4.79 Å². The molecule has 1 atom stereocenters. The molecule has 6 nitrogen and oxygen atoms in total. The number of carbonyl (C=O) groups is 1. The molecular weight excluding hydrogens is 370 g/mol. The minimum Gasteiger partial charge on any atom is -0.369 e. The van der Waals surface area contributed by atoms with Crippen molar-refractivity contribution < 1.29 is 4.79 Å². The molecule has 1 amide bonds. The predicted octanol–water partition coefficient (Wildman–Crippen LogP) is 2.60. The highest BCUT2D eigenvalue weighted by Gasteiger charge is 2.36. The molecule has 2 N–H and O–H groups in total. The Hall–Kier alpha value is -1.89. The molecule has 24 heavy (non-hydrogen) atoms. The number of fused-ring (bicyclic) bond motifs is 1. The third-order valence-corrected chi connectivity index (χ3v) is 5.62. The molecule has 2 heterocycles. The summed E-state index contributed by atoms with van der Waals surface area (Å²) in [7, 11) is 1.66. The van der Waals surface area contributed by atoms with Crippen LogP contribution in [0.25, 0.3) is 10.9 Å². The van der Waals surface area contributed by atoms with E-state index in [0.29, 0.717) is 6.42 Å². The summed E-state index contributed by atoms with van der Waals surface area (Å²) in [6.07, 6.45) is 2.89. The maximum absolute atomic E-state index is 12.2. The molecule has 4 rings (SSSR count). The van der Waals surface area contributed by atoms with Crippen molar-refractivity contribution in [2.75, 3.05) is 7.05 Å². The smallest absolute Gasteiger partial charge is 0.231 e. The Labute approximate surface area is 148 Å². The second-order valence-corrected chi connectivity index (χ2v) is 7.77. The summed E-state index contributed by atoms with van der Waals surface area (Å²) in [4.78, 5) is 18.2. The van der Waals surface area contributed by atoms with Gasteiger partial charge in [-0.2, -0.15) is 5.10 Å². The van der Waals surface area contributed by atoms with Crippen molar-refractivity contribution in [3.05, 3.63) is 28.4 Å². The van der Waals surface area contributed by atoms with Crippen molar-refractivity contribution in [3.8, 4) is 0 Å². The Balaban J connectivity index is 1.77. The highest BCUT2D eigenvalue weighted by atomic mass is 79.9. The van der Waals surface area contributed by atoms with Crippen LogP contribution in [0, 0.1) is 5.92 Å². The van der Waals surface area contributed by atoms with E-state index in [-0.39, 0.29) is 11.9 Å². The van der Waals surface area contributed by atoms with Crippen LogP contribution >= 0.6 is 15.9 Å². The lowest BCUT2D eigenvalue weighted by molar-refractivity contribution is -0.128. The molecule has 1 aliphatic carbocycles. The van der Waals surface area contributed by atoms with Gasteiger partial charge in [0.15, 0.2) is 5.96 Å². The van der Waals surface area contributed by atoms with Crippen molar-refractivity contribution in [2.24, 2.45) is 16.6 Å². The van der Waals surface area contributed by atoms with Crippen molar-refractivity contribution >= 4 is 38.7 Å². The summed E-state index contributed by atoms with van der Waals surface area (Å²) in [5, 5.41) is 5.67. The number of hydrogen-bond acceptors (Lipinski definition) is 4. The number of guanidine groups is 1. The number of halogens is 1. The Bertz CT molecular complexity index is 869. The molecule has 1 aromatic heterocycles. The summed E-state index contributed by atoms with van der Waals surface area (Å²) in [5.41, 5.74) is 7.37. The van der Waals surface area contributed by atoms with Crippen LogP contribution in [0.15, 0.2) is 27.8 Å². The molecule has 1 aromatic carbocycles. The lowest BCUT2D eigenvalue weighted by Crippen LogP contribution is -2.47. The van der Waals surface area contributed by atoms with Crippen molar-refractivity contribution in [2.45, 2.75) is 38.3 Å². The van der Waals surface area contributed by atoms with Gasteiger partial charge in [0, 0.05) is 19.0 Å². The van der Waals surface area contributed by atoms with E-state index >= 15 is 0 Å². The van der Waals surface area contributed by atoms with Crippen LogP contribution in [0.3, 0.4) is 0 Å². The number of aliphatic imine (C=N–C) groups is 1. The Morgan fingerprint density at radius 3 is 2.83 bits per heavy atom. The first-order valence-corrected chi connectivity index (χ1v) is 8.95. The van der Waals surface area contributed by atoms with Gasteiger partial charge in [0.2, 0.25) is 5.91 Å². The van der Waals surface area contributed by atoms with Gasteiger partial charge in [0.25, 0.3) is 0 Å². The second-order valence-electron chi connectivity index (χ2n) is 7.02. The van der Waals surface area contributed by atoms with E-state index in [1.165, 1.54) is 17.7 Å². The molecule has 1 aliphatic heterocycles. The molecule has 7 heteroatoms. The van der Waals surface area contributed by atoms with E-state index in [2.05, 4.69) is 42.8 Å². The molecular formula is C17H20BrN5O. The largest absolute Gasteiger partial charge is 0.369 e. The third kappa shape index (κ3) is 2.51. The van der Waals surface area contributed by atoms with Crippen LogP contribution in [-0.2, 0) is 16.9 Å². The van der Waals surface area contributed by atoms with Crippen LogP contribution in [0.4, 0.5) is 0 Å². The van der Waals surface area contributed by atoms with Crippen LogP contribution in [0.5, 0.6) is 0 Å². The fourth-order valence-corrected chi connectivity index (χ4v) is 3.74. The normalized spacial score (nSPS) is 24.5. The lowest BCUT2D eigenvalue weighted by Gasteiger charge is -2.33. The summed E-state index contributed by atoms with van der Waals surface area (Å²) in [5.74, 6) is 0.999. The zero-order chi connectivity index (χ0) is 17.1. The number of nitrogens with two attached hydrogens (primary N) is 1. The Morgan fingerprint density at radius 2 is 2.17 bits per heavy atom. The predicted molar refractivity (Wildman–Crippen MR) is 96.5 cm³/mol. The van der Waals surface area contributed by atoms with Gasteiger partial charge in [-0.1, -0.05) is 6.07 Å². The maximum atomic E-state index is 12.2. The summed E-state index contributed by atoms with van der Waals surface area (Å²) in [6.45, 7) is 2.92. The number of amides is 1. The first kappa shape index (κ1) is 15.6. The molecule has 0 unspecified atom stereocenters. The van der Waals surface area contributed by atoms with E-state index in [0.717, 1.165) is 33.5 Å². The fourth-order valence-electron chi connectivity index (χ4n) is 3.23. The minimum absolute atomic E-state index is 0.0198. The average molecular weight is 390 g/mol. The van der Waals surface area contributed by atoms with Gasteiger partial charge in [0.1, 0.15) is 4.60 Å². The van der Waals surface area contributed by atoms with Crippen LogP contribution in [-0.4, -0.2) is 33.6 Å². The van der Waals surface area contributed by atoms with Crippen LogP contribution in [0.1, 0.15) is 31.7 Å². The number of rotatable bonds is 3. The van der Waals surface area contributed by atoms with Crippen molar-refractivity contribution in [1.82, 2.24) is 14.7 Å². The molecule has 0 radical (unpaired) electrons. The summed E-state index contributed by atoms with van der Waals surface area (Å²) < 4.78 is 2.90. The molecule has 126 valence electrons. The quantitative estimate of drug-likeness (QED) is 0.875. The molecule has 2 aromatic rings. The molecule has 1 saturated carbocycles. The van der Waals surface area contributed by atoms with E-state index < -0.39 is 5.54 Å². The highest BCUT2D eigenvalue weighted by Crippen LogP contribution is 2.37. The van der Waals surface area contributed by atoms with Crippen LogP contribution in [0.2, 0.25) is 0 Å². The van der Waals surface area contributed by atoms with Gasteiger partial charge in [-0.25, -0.2) is 4.99 Å². The van der Waals surface area contributed by atoms with Crippen molar-refractivity contribution in [1.29, 1.82) is 0 Å². The first-order valence-electron chi connectivity index (χ1n) is 8.16. The fraction of sp³-hybridized carbons (Fsp3) is 0.471. The molecule has 2 aliphatic rings. The third-order valence-electron chi connectivity index (χ3n) is 5.03. The van der Waals surface area contributed by atoms with Gasteiger partial charge in [-0.15, -0.1) is 0 Å². The van der Waals surface area contributed by atoms with Gasteiger partial charge < -0.3 is 5.73 Å². The lowest BCUT2D eigenvalue weighted by atomic mass is 9.87. The average Bonchev–Trinajstić information content (AvgIpc) is 3.29. The topological polar surface area (TPSA) is 76.5 Å². The van der Waals surface area contributed by atoms with Crippen molar-refractivity contribution in [3.63, 3.8) is 0 Å². The monoisotopic (exact) mass is 389 g/mol. The van der Waals surface area contributed by atoms with Gasteiger partial charge in [-0.3, -0.25) is 14.4 Å². The number of benzene rings is 1.